The molecule has 0 unspecified atom stereocenters. The first-order chi connectivity index (χ1) is 13.0. The van der Waals surface area contributed by atoms with Crippen LogP contribution in [0, 0.1) is 12.3 Å². The predicted molar refractivity (Wildman–Crippen MR) is 88.9 cm³/mol. The first-order valence-corrected chi connectivity index (χ1v) is 7.52. The summed E-state index contributed by atoms with van der Waals surface area (Å²) in [5.74, 6) is 2.57. The number of hydrogen-bond donors (Lipinski definition) is 0. The van der Waals surface area contributed by atoms with E-state index in [1.54, 1.807) is 0 Å². The molecule has 0 fully saturated rings. The number of benzene rings is 1. The van der Waals surface area contributed by atoms with Crippen LogP contribution in [0.3, 0.4) is 0 Å². The van der Waals surface area contributed by atoms with Crippen molar-refractivity contribution < 1.29 is 22.6 Å². The van der Waals surface area contributed by atoms with Crippen molar-refractivity contribution in [3.8, 4) is 41.2 Å². The molecule has 136 valence electrons. The summed E-state index contributed by atoms with van der Waals surface area (Å²) >= 11 is 0. The van der Waals surface area contributed by atoms with Crippen molar-refractivity contribution in [1.82, 2.24) is 19.9 Å². The average molecular weight is 372 g/mol. The summed E-state index contributed by atoms with van der Waals surface area (Å²) in [5, 5.41) is 0. The van der Waals surface area contributed by atoms with Crippen LogP contribution >= 0.6 is 0 Å². The number of nitrogens with zero attached hydrogens (tertiary/aromatic N) is 4. The molecule has 0 saturated carbocycles. The molecule has 0 aliphatic rings. The molecule has 6 nitrogen and oxygen atoms in total. The van der Waals surface area contributed by atoms with Gasteiger partial charge in [0.05, 0.1) is 5.56 Å². The molecule has 2 aromatic heterocycles. The van der Waals surface area contributed by atoms with Gasteiger partial charge in [0.15, 0.2) is 6.61 Å². The van der Waals surface area contributed by atoms with E-state index in [1.807, 2.05) is 0 Å². The molecular formula is C18H11F3N4O2. The number of aromatic nitrogens is 4. The van der Waals surface area contributed by atoms with Crippen LogP contribution in [0.1, 0.15) is 5.56 Å². The molecule has 3 aromatic rings. The van der Waals surface area contributed by atoms with Crippen molar-refractivity contribution in [2.45, 2.75) is 6.18 Å². The molecule has 0 aliphatic carbocycles. The van der Waals surface area contributed by atoms with Crippen molar-refractivity contribution >= 4 is 0 Å². The second-order valence-corrected chi connectivity index (χ2v) is 5.08. The standard InChI is InChI=1S/C18H11F3N4O2/c1-2-9-26-17-24-10-12(11-25-17)15-16(23-8-7-22-15)27-14-5-3-13(4-6-14)18(19,20)21/h1,3-8,10-11H,9H2. The fourth-order valence-corrected chi connectivity index (χ4v) is 2.04. The van der Waals surface area contributed by atoms with Crippen LogP contribution in [0.15, 0.2) is 49.1 Å². The highest BCUT2D eigenvalue weighted by molar-refractivity contribution is 5.62. The zero-order valence-electron chi connectivity index (χ0n) is 13.6. The minimum absolute atomic E-state index is 0.0345. The Morgan fingerprint density at radius 1 is 0.963 bits per heavy atom. The Morgan fingerprint density at radius 2 is 1.63 bits per heavy atom. The smallest absolute Gasteiger partial charge is 0.416 e. The summed E-state index contributed by atoms with van der Waals surface area (Å²) in [6.45, 7) is 0.0345. The predicted octanol–water partition coefficient (Wildman–Crippen LogP) is 3.76. The molecule has 0 radical (unpaired) electrons. The molecule has 3 rings (SSSR count). The molecule has 2 heterocycles. The Hall–Kier alpha value is -3.67. The fourth-order valence-electron chi connectivity index (χ4n) is 2.04. The van der Waals surface area contributed by atoms with Gasteiger partial charge in [-0.25, -0.2) is 19.9 Å². The lowest BCUT2D eigenvalue weighted by atomic mass is 10.2. The number of hydrogen-bond acceptors (Lipinski definition) is 6. The monoisotopic (exact) mass is 372 g/mol. The lowest BCUT2D eigenvalue weighted by Gasteiger charge is -2.10. The van der Waals surface area contributed by atoms with Crippen LogP contribution in [0.25, 0.3) is 11.3 Å². The summed E-state index contributed by atoms with van der Waals surface area (Å²) in [6, 6.07) is 4.35. The maximum Gasteiger partial charge on any atom is 0.416 e. The summed E-state index contributed by atoms with van der Waals surface area (Å²) in [6.07, 6.45) is 6.41. The van der Waals surface area contributed by atoms with Gasteiger partial charge in [0.2, 0.25) is 5.88 Å². The molecule has 0 spiro atoms. The lowest BCUT2D eigenvalue weighted by Crippen LogP contribution is -2.04. The van der Waals surface area contributed by atoms with Gasteiger partial charge in [-0.3, -0.25) is 0 Å². The highest BCUT2D eigenvalue weighted by atomic mass is 19.4. The molecule has 0 N–H and O–H groups in total. The minimum Gasteiger partial charge on any atom is -0.450 e. The van der Waals surface area contributed by atoms with Gasteiger partial charge in [0.25, 0.3) is 0 Å². The molecule has 0 amide bonds. The minimum atomic E-state index is -4.42. The fraction of sp³-hybridized carbons (Fsp3) is 0.111. The Kier molecular flexibility index (Phi) is 5.17. The van der Waals surface area contributed by atoms with Crippen LogP contribution in [0.4, 0.5) is 13.2 Å². The van der Waals surface area contributed by atoms with E-state index in [9.17, 15) is 13.2 Å². The Balaban J connectivity index is 1.83. The van der Waals surface area contributed by atoms with Crippen molar-refractivity contribution in [2.24, 2.45) is 0 Å². The zero-order chi connectivity index (χ0) is 19.3. The third-order valence-electron chi connectivity index (χ3n) is 3.25. The van der Waals surface area contributed by atoms with Gasteiger partial charge < -0.3 is 9.47 Å². The number of alkyl halides is 3. The van der Waals surface area contributed by atoms with Crippen molar-refractivity contribution in [2.75, 3.05) is 6.61 Å². The maximum atomic E-state index is 12.6. The summed E-state index contributed by atoms with van der Waals surface area (Å²) in [4.78, 5) is 16.3. The Morgan fingerprint density at radius 3 is 2.26 bits per heavy atom. The van der Waals surface area contributed by atoms with Crippen LogP contribution in [0.5, 0.6) is 17.6 Å². The van der Waals surface area contributed by atoms with Crippen molar-refractivity contribution in [3.63, 3.8) is 0 Å². The van der Waals surface area contributed by atoms with Crippen molar-refractivity contribution in [1.29, 1.82) is 0 Å². The number of ether oxygens (including phenoxy) is 2. The van der Waals surface area contributed by atoms with E-state index < -0.39 is 11.7 Å². The first kappa shape index (κ1) is 18.1. The van der Waals surface area contributed by atoms with Crippen LogP contribution in [-0.2, 0) is 6.18 Å². The maximum absolute atomic E-state index is 12.6. The largest absolute Gasteiger partial charge is 0.450 e. The first-order valence-electron chi connectivity index (χ1n) is 7.52. The number of rotatable bonds is 5. The van der Waals surface area contributed by atoms with Crippen LogP contribution < -0.4 is 9.47 Å². The van der Waals surface area contributed by atoms with Gasteiger partial charge in [0.1, 0.15) is 11.4 Å². The molecule has 9 heteroatoms. The molecule has 0 aliphatic heterocycles. The Bertz CT molecular complexity index is 952. The SMILES string of the molecule is C#CCOc1ncc(-c2nccnc2Oc2ccc(C(F)(F)F)cc2)cn1. The molecular weight excluding hydrogens is 361 g/mol. The molecule has 0 bridgehead atoms. The normalized spacial score (nSPS) is 10.9. The second kappa shape index (κ2) is 7.70. The molecule has 27 heavy (non-hydrogen) atoms. The van der Waals surface area contributed by atoms with E-state index in [4.69, 9.17) is 15.9 Å². The van der Waals surface area contributed by atoms with Gasteiger partial charge in [-0.15, -0.1) is 6.42 Å². The summed E-state index contributed by atoms with van der Waals surface area (Å²) in [5.41, 5.74) is 0.0316. The number of terminal acetylenes is 1. The van der Waals surface area contributed by atoms with E-state index in [0.717, 1.165) is 12.1 Å². The molecule has 0 atom stereocenters. The zero-order valence-corrected chi connectivity index (χ0v) is 13.6. The quantitative estimate of drug-likeness (QED) is 0.635. The van der Waals surface area contributed by atoms with E-state index in [-0.39, 0.29) is 24.2 Å². The van der Waals surface area contributed by atoms with E-state index in [2.05, 4.69) is 25.9 Å². The Labute approximate surface area is 152 Å². The lowest BCUT2D eigenvalue weighted by molar-refractivity contribution is -0.137. The van der Waals surface area contributed by atoms with E-state index in [1.165, 1.54) is 36.9 Å². The van der Waals surface area contributed by atoms with Gasteiger partial charge in [-0.1, -0.05) is 5.92 Å². The van der Waals surface area contributed by atoms with E-state index in [0.29, 0.717) is 11.3 Å². The molecule has 1 aromatic carbocycles. The summed E-state index contributed by atoms with van der Waals surface area (Å²) in [7, 11) is 0. The topological polar surface area (TPSA) is 70.0 Å². The number of halogens is 3. The van der Waals surface area contributed by atoms with Gasteiger partial charge in [-0.2, -0.15) is 13.2 Å². The highest BCUT2D eigenvalue weighted by Gasteiger charge is 2.30. The second-order valence-electron chi connectivity index (χ2n) is 5.08. The highest BCUT2D eigenvalue weighted by Crippen LogP contribution is 2.33. The van der Waals surface area contributed by atoms with Gasteiger partial charge in [-0.05, 0) is 24.3 Å². The van der Waals surface area contributed by atoms with Crippen molar-refractivity contribution in [3.05, 3.63) is 54.6 Å². The third-order valence-corrected chi connectivity index (χ3v) is 3.25. The van der Waals surface area contributed by atoms with Gasteiger partial charge >= 0.3 is 12.2 Å². The van der Waals surface area contributed by atoms with Crippen LogP contribution in [0.2, 0.25) is 0 Å². The van der Waals surface area contributed by atoms with Gasteiger partial charge in [0, 0.05) is 30.4 Å². The average Bonchev–Trinajstić information content (AvgIpc) is 2.67. The van der Waals surface area contributed by atoms with Crippen LogP contribution in [-0.4, -0.2) is 26.5 Å². The van der Waals surface area contributed by atoms with E-state index >= 15 is 0 Å². The summed E-state index contributed by atoms with van der Waals surface area (Å²) < 4.78 is 48.6. The third kappa shape index (κ3) is 4.49. The molecule has 0 saturated heterocycles.